The average Bonchev–Trinajstić information content (AvgIpc) is 2.55. The molecule has 0 bridgehead atoms. The third-order valence-electron chi connectivity index (χ3n) is 3.23. The number of para-hydroxylation sites is 3. The van der Waals surface area contributed by atoms with E-state index in [-0.39, 0.29) is 11.4 Å². The van der Waals surface area contributed by atoms with Crippen LogP contribution in [0, 0.1) is 10.1 Å². The minimum absolute atomic E-state index is 0.128. The lowest BCUT2D eigenvalue weighted by atomic mass is 10.2. The Morgan fingerprint density at radius 1 is 0.957 bits per heavy atom. The summed E-state index contributed by atoms with van der Waals surface area (Å²) in [5.74, 6) is 0. The molecule has 0 saturated heterocycles. The molecular formula is C16H12N4O3. The molecule has 0 aliphatic carbocycles. The van der Waals surface area contributed by atoms with Crippen LogP contribution in [0.15, 0.2) is 60.8 Å². The predicted octanol–water partition coefficient (Wildman–Crippen LogP) is 3.79. The number of hydrogen-bond donors (Lipinski definition) is 2. The highest BCUT2D eigenvalue weighted by molar-refractivity contribution is 6.05. The maximum absolute atomic E-state index is 12.1. The molecule has 114 valence electrons. The van der Waals surface area contributed by atoms with Crippen molar-refractivity contribution in [2.75, 3.05) is 10.6 Å². The van der Waals surface area contributed by atoms with E-state index in [1.807, 2.05) is 12.1 Å². The number of urea groups is 1. The molecule has 0 saturated carbocycles. The Labute approximate surface area is 131 Å². The van der Waals surface area contributed by atoms with Crippen LogP contribution >= 0.6 is 0 Å². The zero-order valence-electron chi connectivity index (χ0n) is 11.9. The Morgan fingerprint density at radius 3 is 2.48 bits per heavy atom. The summed E-state index contributed by atoms with van der Waals surface area (Å²) in [6.07, 6.45) is 1.63. The number of anilines is 2. The highest BCUT2D eigenvalue weighted by Crippen LogP contribution is 2.24. The Morgan fingerprint density at radius 2 is 1.65 bits per heavy atom. The molecule has 0 unspecified atom stereocenters. The lowest BCUT2D eigenvalue weighted by Gasteiger charge is -2.09. The van der Waals surface area contributed by atoms with Gasteiger partial charge in [-0.1, -0.05) is 30.3 Å². The van der Waals surface area contributed by atoms with Crippen LogP contribution in [-0.2, 0) is 0 Å². The van der Waals surface area contributed by atoms with Crippen molar-refractivity contribution in [3.63, 3.8) is 0 Å². The number of amides is 2. The maximum atomic E-state index is 12.1. The maximum Gasteiger partial charge on any atom is 0.323 e. The molecule has 7 heteroatoms. The van der Waals surface area contributed by atoms with Gasteiger partial charge < -0.3 is 10.6 Å². The van der Waals surface area contributed by atoms with Gasteiger partial charge in [0.25, 0.3) is 5.69 Å². The molecule has 3 rings (SSSR count). The Kier molecular flexibility index (Phi) is 3.84. The van der Waals surface area contributed by atoms with Gasteiger partial charge in [0.2, 0.25) is 0 Å². The summed E-state index contributed by atoms with van der Waals surface area (Å²) in [5, 5.41) is 17.0. The van der Waals surface area contributed by atoms with E-state index in [4.69, 9.17) is 0 Å². The molecule has 0 spiro atoms. The molecule has 0 aliphatic rings. The van der Waals surface area contributed by atoms with Crippen molar-refractivity contribution in [2.45, 2.75) is 0 Å². The normalized spacial score (nSPS) is 10.3. The Hall–Kier alpha value is -3.48. The van der Waals surface area contributed by atoms with E-state index >= 15 is 0 Å². The average molecular weight is 308 g/mol. The van der Waals surface area contributed by atoms with Gasteiger partial charge in [-0.2, -0.15) is 0 Å². The number of hydrogen-bond acceptors (Lipinski definition) is 4. The second kappa shape index (κ2) is 6.10. The summed E-state index contributed by atoms with van der Waals surface area (Å²) in [6, 6.07) is 14.5. The van der Waals surface area contributed by atoms with E-state index in [9.17, 15) is 14.9 Å². The quantitative estimate of drug-likeness (QED) is 0.568. The van der Waals surface area contributed by atoms with E-state index in [0.717, 1.165) is 5.39 Å². The number of fused-ring (bicyclic) bond motifs is 1. The van der Waals surface area contributed by atoms with Crippen molar-refractivity contribution < 1.29 is 9.72 Å². The van der Waals surface area contributed by atoms with Crippen molar-refractivity contribution in [3.8, 4) is 0 Å². The number of nitro groups is 1. The van der Waals surface area contributed by atoms with Gasteiger partial charge in [0.1, 0.15) is 5.69 Å². The summed E-state index contributed by atoms with van der Waals surface area (Å²) in [7, 11) is 0. The lowest BCUT2D eigenvalue weighted by molar-refractivity contribution is -0.383. The molecule has 0 radical (unpaired) electrons. The first-order valence-electron chi connectivity index (χ1n) is 6.80. The predicted molar refractivity (Wildman–Crippen MR) is 87.5 cm³/mol. The molecule has 1 heterocycles. The number of rotatable bonds is 3. The molecule has 0 fully saturated rings. The largest absolute Gasteiger partial charge is 0.323 e. The number of carbonyl (C=O) groups is 1. The first-order chi connectivity index (χ1) is 11.1. The number of benzene rings is 2. The summed E-state index contributed by atoms with van der Waals surface area (Å²) in [4.78, 5) is 26.8. The van der Waals surface area contributed by atoms with Crippen LogP contribution in [0.2, 0.25) is 0 Å². The van der Waals surface area contributed by atoms with Gasteiger partial charge in [-0.15, -0.1) is 0 Å². The summed E-state index contributed by atoms with van der Waals surface area (Å²) in [6.45, 7) is 0. The topological polar surface area (TPSA) is 97.2 Å². The van der Waals surface area contributed by atoms with Crippen LogP contribution in [0.25, 0.3) is 10.9 Å². The molecule has 2 aromatic carbocycles. The minimum atomic E-state index is -0.572. The van der Waals surface area contributed by atoms with E-state index in [0.29, 0.717) is 11.2 Å². The standard InChI is InChI=1S/C16H12N4O3/c21-16(18-12-7-1-2-9-14(12)20(22)23)19-13-8-3-5-11-6-4-10-17-15(11)13/h1-10H,(H2,18,19,21). The highest BCUT2D eigenvalue weighted by Gasteiger charge is 2.15. The molecule has 2 N–H and O–H groups in total. The number of nitro benzene ring substituents is 1. The number of pyridine rings is 1. The van der Waals surface area contributed by atoms with Crippen molar-refractivity contribution >= 4 is 34.0 Å². The zero-order valence-corrected chi connectivity index (χ0v) is 11.9. The van der Waals surface area contributed by atoms with Gasteiger partial charge >= 0.3 is 6.03 Å². The van der Waals surface area contributed by atoms with Crippen LogP contribution in [-0.4, -0.2) is 15.9 Å². The first kappa shape index (κ1) is 14.5. The Bertz CT molecular complexity index is 890. The number of nitrogens with zero attached hydrogens (tertiary/aromatic N) is 2. The van der Waals surface area contributed by atoms with Gasteiger partial charge in [-0.05, 0) is 18.2 Å². The van der Waals surface area contributed by atoms with Gasteiger partial charge in [0.15, 0.2) is 0 Å². The molecule has 0 atom stereocenters. The summed E-state index contributed by atoms with van der Waals surface area (Å²) >= 11 is 0. The Balaban J connectivity index is 1.84. The molecule has 1 aromatic heterocycles. The lowest BCUT2D eigenvalue weighted by Crippen LogP contribution is -2.20. The van der Waals surface area contributed by atoms with Gasteiger partial charge in [-0.3, -0.25) is 15.1 Å². The number of carbonyl (C=O) groups excluding carboxylic acids is 1. The molecule has 2 amide bonds. The van der Waals surface area contributed by atoms with Crippen LogP contribution in [0.1, 0.15) is 0 Å². The second-order valence-corrected chi connectivity index (χ2v) is 4.73. The molecule has 7 nitrogen and oxygen atoms in total. The summed E-state index contributed by atoms with van der Waals surface area (Å²) in [5.41, 5.74) is 1.13. The SMILES string of the molecule is O=C(Nc1ccccc1[N+](=O)[O-])Nc1cccc2cccnc12. The zero-order chi connectivity index (χ0) is 16.2. The van der Waals surface area contributed by atoms with E-state index < -0.39 is 11.0 Å². The van der Waals surface area contributed by atoms with Crippen LogP contribution in [0.3, 0.4) is 0 Å². The van der Waals surface area contributed by atoms with Gasteiger partial charge in [0.05, 0.1) is 16.1 Å². The number of nitrogens with one attached hydrogen (secondary N) is 2. The van der Waals surface area contributed by atoms with Crippen LogP contribution in [0.4, 0.5) is 21.9 Å². The van der Waals surface area contributed by atoms with Crippen molar-refractivity contribution in [1.29, 1.82) is 0 Å². The third-order valence-corrected chi connectivity index (χ3v) is 3.23. The summed E-state index contributed by atoms with van der Waals surface area (Å²) < 4.78 is 0. The van der Waals surface area contributed by atoms with Crippen molar-refractivity contribution in [1.82, 2.24) is 4.98 Å². The fourth-order valence-corrected chi connectivity index (χ4v) is 2.22. The molecular weight excluding hydrogens is 296 g/mol. The smallest absolute Gasteiger partial charge is 0.306 e. The molecule has 0 aliphatic heterocycles. The molecule has 23 heavy (non-hydrogen) atoms. The van der Waals surface area contributed by atoms with Crippen molar-refractivity contribution in [2.24, 2.45) is 0 Å². The van der Waals surface area contributed by atoms with E-state index in [1.54, 1.807) is 30.5 Å². The van der Waals surface area contributed by atoms with E-state index in [2.05, 4.69) is 15.6 Å². The van der Waals surface area contributed by atoms with Crippen LogP contribution < -0.4 is 10.6 Å². The van der Waals surface area contributed by atoms with Crippen LogP contribution in [0.5, 0.6) is 0 Å². The fourth-order valence-electron chi connectivity index (χ4n) is 2.22. The second-order valence-electron chi connectivity index (χ2n) is 4.73. The fraction of sp³-hybridized carbons (Fsp3) is 0. The van der Waals surface area contributed by atoms with Gasteiger partial charge in [0, 0.05) is 17.6 Å². The highest BCUT2D eigenvalue weighted by atomic mass is 16.6. The van der Waals surface area contributed by atoms with E-state index in [1.165, 1.54) is 18.2 Å². The van der Waals surface area contributed by atoms with Crippen molar-refractivity contribution in [3.05, 3.63) is 70.9 Å². The van der Waals surface area contributed by atoms with Gasteiger partial charge in [-0.25, -0.2) is 4.79 Å². The minimum Gasteiger partial charge on any atom is -0.306 e. The molecule has 3 aromatic rings. The monoisotopic (exact) mass is 308 g/mol. The number of aromatic nitrogens is 1. The third kappa shape index (κ3) is 3.08. The first-order valence-corrected chi connectivity index (χ1v) is 6.80.